The van der Waals surface area contributed by atoms with Crippen LogP contribution in [0.5, 0.6) is 0 Å². The molecule has 1 fully saturated rings. The number of rotatable bonds is 3. The maximum absolute atomic E-state index is 11.0. The number of carboxylic acid groups (broad SMARTS) is 1. The predicted octanol–water partition coefficient (Wildman–Crippen LogP) is 2.00. The fourth-order valence-corrected chi connectivity index (χ4v) is 2.82. The van der Waals surface area contributed by atoms with Crippen molar-refractivity contribution in [3.8, 4) is 0 Å². The Morgan fingerprint density at radius 2 is 2.56 bits per heavy atom. The summed E-state index contributed by atoms with van der Waals surface area (Å²) in [6.45, 7) is 3.72. The van der Waals surface area contributed by atoms with E-state index in [4.69, 9.17) is 5.11 Å². The zero-order chi connectivity index (χ0) is 11.5. The zero-order valence-electron chi connectivity index (χ0n) is 9.30. The molecular weight excluding hydrogens is 224 g/mol. The van der Waals surface area contributed by atoms with Crippen LogP contribution in [0.15, 0.2) is 10.9 Å². The van der Waals surface area contributed by atoms with Gasteiger partial charge in [-0.05, 0) is 26.3 Å². The Hall–Kier alpha value is -0.940. The van der Waals surface area contributed by atoms with E-state index in [2.05, 4.69) is 16.8 Å². The summed E-state index contributed by atoms with van der Waals surface area (Å²) in [6.07, 6.45) is 1.76. The molecule has 2 unspecified atom stereocenters. The van der Waals surface area contributed by atoms with Crippen LogP contribution in [-0.2, 0) is 4.79 Å². The van der Waals surface area contributed by atoms with Crippen LogP contribution in [-0.4, -0.2) is 34.0 Å². The largest absolute Gasteiger partial charge is 0.481 e. The average molecular weight is 240 g/mol. The number of carboxylic acids is 1. The average Bonchev–Trinajstić information content (AvgIpc) is 2.81. The normalized spacial score (nSPS) is 24.2. The molecule has 1 saturated heterocycles. The smallest absolute Gasteiger partial charge is 0.307 e. The van der Waals surface area contributed by atoms with Gasteiger partial charge in [-0.25, -0.2) is 4.98 Å². The lowest BCUT2D eigenvalue weighted by molar-refractivity contribution is -0.143. The van der Waals surface area contributed by atoms with Gasteiger partial charge in [0.1, 0.15) is 0 Å². The van der Waals surface area contributed by atoms with Crippen LogP contribution in [0.3, 0.4) is 0 Å². The van der Waals surface area contributed by atoms with Gasteiger partial charge in [-0.3, -0.25) is 9.69 Å². The summed E-state index contributed by atoms with van der Waals surface area (Å²) in [5.74, 6) is -0.884. The van der Waals surface area contributed by atoms with Crippen molar-refractivity contribution in [2.45, 2.75) is 25.8 Å². The van der Waals surface area contributed by atoms with Crippen molar-refractivity contribution in [1.82, 2.24) is 9.88 Å². The van der Waals surface area contributed by atoms with E-state index in [0.29, 0.717) is 6.54 Å². The van der Waals surface area contributed by atoms with E-state index in [9.17, 15) is 4.79 Å². The van der Waals surface area contributed by atoms with Crippen molar-refractivity contribution < 1.29 is 9.90 Å². The SMILES string of the molecule is CC(c1cscn1)N1CCCC(C(=O)O)C1. The number of carbonyl (C=O) groups is 1. The Labute approximate surface area is 98.9 Å². The molecule has 2 heterocycles. The third kappa shape index (κ3) is 2.41. The Morgan fingerprint density at radius 3 is 3.19 bits per heavy atom. The van der Waals surface area contributed by atoms with Crippen LogP contribution >= 0.6 is 11.3 Å². The Balaban J connectivity index is 2.01. The minimum atomic E-state index is -0.671. The molecular formula is C11H16N2O2S. The Bertz CT molecular complexity index is 353. The van der Waals surface area contributed by atoms with Gasteiger partial charge in [0.05, 0.1) is 23.2 Å². The summed E-state index contributed by atoms with van der Waals surface area (Å²) in [5.41, 5.74) is 2.88. The minimum Gasteiger partial charge on any atom is -0.481 e. The first-order valence-corrected chi connectivity index (χ1v) is 6.47. The first-order chi connectivity index (χ1) is 7.68. The lowest BCUT2D eigenvalue weighted by Gasteiger charge is -2.34. The summed E-state index contributed by atoms with van der Waals surface area (Å²) >= 11 is 1.58. The van der Waals surface area contributed by atoms with Crippen molar-refractivity contribution in [3.05, 3.63) is 16.6 Å². The highest BCUT2D eigenvalue weighted by Gasteiger charge is 2.28. The molecule has 0 radical (unpaired) electrons. The van der Waals surface area contributed by atoms with Gasteiger partial charge in [0.25, 0.3) is 0 Å². The molecule has 2 rings (SSSR count). The lowest BCUT2D eigenvalue weighted by Crippen LogP contribution is -2.40. The first kappa shape index (κ1) is 11.5. The number of thiazole rings is 1. The Kier molecular flexibility index (Phi) is 3.56. The minimum absolute atomic E-state index is 0.213. The second-order valence-corrected chi connectivity index (χ2v) is 4.98. The fourth-order valence-electron chi connectivity index (χ4n) is 2.18. The van der Waals surface area contributed by atoms with E-state index in [1.54, 1.807) is 11.3 Å². The highest BCUT2D eigenvalue weighted by Crippen LogP contribution is 2.26. The van der Waals surface area contributed by atoms with Gasteiger partial charge in [0.15, 0.2) is 0 Å². The molecule has 1 aliphatic heterocycles. The van der Waals surface area contributed by atoms with Crippen molar-refractivity contribution >= 4 is 17.3 Å². The summed E-state index contributed by atoms with van der Waals surface area (Å²) < 4.78 is 0. The number of nitrogens with zero attached hydrogens (tertiary/aromatic N) is 2. The molecule has 1 aromatic rings. The van der Waals surface area contributed by atoms with Crippen molar-refractivity contribution in [2.75, 3.05) is 13.1 Å². The molecule has 88 valence electrons. The molecule has 0 spiro atoms. The standard InChI is InChI=1S/C11H16N2O2S/c1-8(10-6-16-7-12-10)13-4-2-3-9(5-13)11(14)15/h6-9H,2-5H2,1H3,(H,14,15). The number of hydrogen-bond acceptors (Lipinski definition) is 4. The summed E-state index contributed by atoms with van der Waals surface area (Å²) in [7, 11) is 0. The van der Waals surface area contributed by atoms with Crippen LogP contribution in [0.1, 0.15) is 31.5 Å². The summed E-state index contributed by atoms with van der Waals surface area (Å²) in [4.78, 5) is 17.5. The maximum Gasteiger partial charge on any atom is 0.307 e. The molecule has 0 aromatic carbocycles. The topological polar surface area (TPSA) is 53.4 Å². The van der Waals surface area contributed by atoms with Gasteiger partial charge in [-0.15, -0.1) is 11.3 Å². The molecule has 2 atom stereocenters. The van der Waals surface area contributed by atoms with Crippen LogP contribution in [0.2, 0.25) is 0 Å². The predicted molar refractivity (Wildman–Crippen MR) is 62.5 cm³/mol. The van der Waals surface area contributed by atoms with E-state index in [0.717, 1.165) is 25.1 Å². The van der Waals surface area contributed by atoms with Crippen molar-refractivity contribution in [2.24, 2.45) is 5.92 Å². The highest BCUT2D eigenvalue weighted by atomic mass is 32.1. The van der Waals surface area contributed by atoms with Crippen LogP contribution < -0.4 is 0 Å². The van der Waals surface area contributed by atoms with Gasteiger partial charge >= 0.3 is 5.97 Å². The third-order valence-corrected chi connectivity index (χ3v) is 3.83. The lowest BCUT2D eigenvalue weighted by atomic mass is 9.97. The third-order valence-electron chi connectivity index (χ3n) is 3.23. The van der Waals surface area contributed by atoms with Gasteiger partial charge in [-0.1, -0.05) is 0 Å². The molecule has 0 amide bonds. The molecule has 0 bridgehead atoms. The number of likely N-dealkylation sites (tertiary alicyclic amines) is 1. The molecule has 0 aliphatic carbocycles. The van der Waals surface area contributed by atoms with Gasteiger partial charge in [0.2, 0.25) is 0 Å². The number of aromatic nitrogens is 1. The van der Waals surface area contributed by atoms with E-state index in [1.165, 1.54) is 0 Å². The molecule has 5 heteroatoms. The second-order valence-electron chi connectivity index (χ2n) is 4.26. The maximum atomic E-state index is 11.0. The fraction of sp³-hybridized carbons (Fsp3) is 0.636. The highest BCUT2D eigenvalue weighted by molar-refractivity contribution is 7.07. The Morgan fingerprint density at radius 1 is 1.75 bits per heavy atom. The van der Waals surface area contributed by atoms with E-state index in [-0.39, 0.29) is 12.0 Å². The van der Waals surface area contributed by atoms with Gasteiger partial charge < -0.3 is 5.11 Å². The summed E-state index contributed by atoms with van der Waals surface area (Å²) in [5, 5.41) is 11.1. The van der Waals surface area contributed by atoms with E-state index in [1.807, 2.05) is 10.9 Å². The molecule has 16 heavy (non-hydrogen) atoms. The quantitative estimate of drug-likeness (QED) is 0.878. The molecule has 1 N–H and O–H groups in total. The second kappa shape index (κ2) is 4.93. The first-order valence-electron chi connectivity index (χ1n) is 5.53. The van der Waals surface area contributed by atoms with Gasteiger partial charge in [-0.2, -0.15) is 0 Å². The zero-order valence-corrected chi connectivity index (χ0v) is 10.1. The van der Waals surface area contributed by atoms with Gasteiger partial charge in [0, 0.05) is 11.9 Å². The van der Waals surface area contributed by atoms with Crippen molar-refractivity contribution in [1.29, 1.82) is 0 Å². The van der Waals surface area contributed by atoms with Crippen LogP contribution in [0, 0.1) is 5.92 Å². The van der Waals surface area contributed by atoms with E-state index >= 15 is 0 Å². The number of aliphatic carboxylic acids is 1. The molecule has 1 aromatic heterocycles. The molecule has 4 nitrogen and oxygen atoms in total. The van der Waals surface area contributed by atoms with Crippen LogP contribution in [0.4, 0.5) is 0 Å². The monoisotopic (exact) mass is 240 g/mol. The number of hydrogen-bond donors (Lipinski definition) is 1. The number of piperidine rings is 1. The summed E-state index contributed by atoms with van der Waals surface area (Å²) in [6, 6.07) is 0.230. The van der Waals surface area contributed by atoms with E-state index < -0.39 is 5.97 Å². The van der Waals surface area contributed by atoms with Crippen LogP contribution in [0.25, 0.3) is 0 Å². The molecule has 1 aliphatic rings. The molecule has 0 saturated carbocycles. The van der Waals surface area contributed by atoms with Crippen molar-refractivity contribution in [3.63, 3.8) is 0 Å².